The highest BCUT2D eigenvalue weighted by Gasteiger charge is 2.45. The number of nitrogens with zero attached hydrogens (tertiary/aromatic N) is 5. The number of carbonyl (C=O) groups is 2. The lowest BCUT2D eigenvalue weighted by atomic mass is 9.93. The van der Waals surface area contributed by atoms with E-state index in [0.29, 0.717) is 31.7 Å². The lowest BCUT2D eigenvalue weighted by Crippen LogP contribution is -2.44. The van der Waals surface area contributed by atoms with Crippen molar-refractivity contribution >= 4 is 11.8 Å². The van der Waals surface area contributed by atoms with Crippen LogP contribution in [0.2, 0.25) is 0 Å². The molecule has 4 rings (SSSR count). The number of hydrogen-bond acceptors (Lipinski definition) is 5. The van der Waals surface area contributed by atoms with Gasteiger partial charge in [-0.3, -0.25) is 14.3 Å². The zero-order valence-electron chi connectivity index (χ0n) is 20.1. The molecule has 0 radical (unpaired) electrons. The van der Waals surface area contributed by atoms with Crippen LogP contribution < -0.4 is 5.32 Å². The maximum absolute atomic E-state index is 13.0. The van der Waals surface area contributed by atoms with E-state index in [0.717, 1.165) is 11.4 Å². The smallest absolute Gasteiger partial charge is 0.252 e. The first kappa shape index (κ1) is 23.7. The van der Waals surface area contributed by atoms with Crippen molar-refractivity contribution in [2.45, 2.75) is 45.3 Å². The molecule has 9 heteroatoms. The van der Waals surface area contributed by atoms with Crippen LogP contribution in [0, 0.1) is 5.92 Å². The van der Waals surface area contributed by atoms with Gasteiger partial charge in [-0.05, 0) is 45.0 Å². The monoisotopic (exact) mass is 464 g/mol. The topological polar surface area (TPSA) is 94.3 Å². The largest absolute Gasteiger partial charge is 0.383 e. The molecule has 1 fully saturated rings. The number of hydrogen-bond donors (Lipinski definition) is 1. The van der Waals surface area contributed by atoms with Gasteiger partial charge in [0.15, 0.2) is 0 Å². The Labute approximate surface area is 199 Å². The Morgan fingerprint density at radius 2 is 1.97 bits per heavy atom. The van der Waals surface area contributed by atoms with Gasteiger partial charge in [-0.1, -0.05) is 0 Å². The average Bonchev–Trinajstić information content (AvgIpc) is 3.55. The average molecular weight is 465 g/mol. The Hall–Kier alpha value is -3.46. The number of amides is 2. The summed E-state index contributed by atoms with van der Waals surface area (Å²) >= 11 is 0. The number of carbonyl (C=O) groups excluding carboxylic acids is 2. The van der Waals surface area contributed by atoms with Crippen LogP contribution in [0.4, 0.5) is 0 Å². The normalized spacial score (nSPS) is 18.5. The fourth-order valence-corrected chi connectivity index (χ4v) is 4.52. The van der Waals surface area contributed by atoms with E-state index >= 15 is 0 Å². The Kier molecular flexibility index (Phi) is 6.83. The number of rotatable bonds is 8. The van der Waals surface area contributed by atoms with Crippen LogP contribution >= 0.6 is 0 Å². The van der Waals surface area contributed by atoms with E-state index in [1.165, 1.54) is 0 Å². The molecule has 0 saturated carbocycles. The van der Waals surface area contributed by atoms with Gasteiger partial charge in [0.25, 0.3) is 5.91 Å². The second kappa shape index (κ2) is 9.80. The van der Waals surface area contributed by atoms with Crippen LogP contribution in [-0.2, 0) is 16.1 Å². The number of likely N-dealkylation sites (tertiary alicyclic amines) is 1. The Morgan fingerprint density at radius 1 is 1.21 bits per heavy atom. The molecule has 1 aliphatic rings. The van der Waals surface area contributed by atoms with Gasteiger partial charge in [-0.25, -0.2) is 4.98 Å². The highest BCUT2D eigenvalue weighted by Crippen LogP contribution is 2.42. The molecule has 34 heavy (non-hydrogen) atoms. The van der Waals surface area contributed by atoms with Gasteiger partial charge in [0.2, 0.25) is 5.91 Å². The van der Waals surface area contributed by atoms with Crippen molar-refractivity contribution in [1.82, 2.24) is 29.5 Å². The quantitative estimate of drug-likeness (QED) is 0.553. The Morgan fingerprint density at radius 3 is 2.62 bits per heavy atom. The minimum absolute atomic E-state index is 0.0668. The molecular weight excluding hydrogens is 432 g/mol. The number of aromatic nitrogens is 4. The molecule has 2 atom stereocenters. The molecule has 0 aliphatic carbocycles. The molecular formula is C25H32N6O3. The molecule has 180 valence electrons. The summed E-state index contributed by atoms with van der Waals surface area (Å²) in [5, 5.41) is 7.46. The highest BCUT2D eigenvalue weighted by atomic mass is 16.5. The van der Waals surface area contributed by atoms with Gasteiger partial charge in [-0.2, -0.15) is 5.10 Å². The van der Waals surface area contributed by atoms with Crippen LogP contribution in [0.3, 0.4) is 0 Å². The van der Waals surface area contributed by atoms with E-state index in [1.54, 1.807) is 19.4 Å². The molecule has 1 saturated heterocycles. The van der Waals surface area contributed by atoms with Crippen molar-refractivity contribution in [3.8, 4) is 5.82 Å². The van der Waals surface area contributed by atoms with Crippen molar-refractivity contribution in [2.75, 3.05) is 20.3 Å². The van der Waals surface area contributed by atoms with Crippen molar-refractivity contribution in [2.24, 2.45) is 5.92 Å². The van der Waals surface area contributed by atoms with E-state index in [9.17, 15) is 9.59 Å². The lowest BCUT2D eigenvalue weighted by molar-refractivity contribution is -0.133. The first-order chi connectivity index (χ1) is 16.3. The zero-order chi connectivity index (χ0) is 24.3. The van der Waals surface area contributed by atoms with Gasteiger partial charge in [-0.15, -0.1) is 0 Å². The van der Waals surface area contributed by atoms with Crippen molar-refractivity contribution in [3.63, 3.8) is 0 Å². The summed E-state index contributed by atoms with van der Waals surface area (Å²) in [7, 11) is 1.66. The minimum Gasteiger partial charge on any atom is -0.383 e. The molecule has 2 amide bonds. The molecule has 4 heterocycles. The molecule has 1 N–H and O–H groups in total. The SMILES string of the molecule is COCCn1cc([C@@H]2[C@@H](CNC(=O)c3ccc(-n4cccc4)nc3)CC(=O)N2C(C)(C)C)cn1. The number of ether oxygens (including phenoxy) is 1. The summed E-state index contributed by atoms with van der Waals surface area (Å²) in [6, 6.07) is 7.24. The van der Waals surface area contributed by atoms with E-state index in [1.807, 2.05) is 77.9 Å². The van der Waals surface area contributed by atoms with Crippen molar-refractivity contribution in [3.05, 3.63) is 66.4 Å². The Bertz CT molecular complexity index is 1110. The second-order valence-electron chi connectivity index (χ2n) is 9.58. The molecule has 1 aliphatic heterocycles. The molecule has 3 aromatic heterocycles. The first-order valence-electron chi connectivity index (χ1n) is 11.5. The van der Waals surface area contributed by atoms with Crippen molar-refractivity contribution in [1.29, 1.82) is 0 Å². The maximum Gasteiger partial charge on any atom is 0.252 e. The van der Waals surface area contributed by atoms with Crippen LogP contribution in [0.15, 0.2) is 55.2 Å². The molecule has 9 nitrogen and oxygen atoms in total. The fraction of sp³-hybridized carbons (Fsp3) is 0.440. The number of pyridine rings is 1. The minimum atomic E-state index is -0.354. The molecule has 0 spiro atoms. The summed E-state index contributed by atoms with van der Waals surface area (Å²) in [6.07, 6.45) is 9.53. The van der Waals surface area contributed by atoms with Crippen molar-refractivity contribution < 1.29 is 14.3 Å². The number of nitrogens with one attached hydrogen (secondary N) is 1. The summed E-state index contributed by atoms with van der Waals surface area (Å²) < 4.78 is 8.86. The van der Waals surface area contributed by atoms with Gasteiger partial charge in [0, 0.05) is 61.9 Å². The lowest BCUT2D eigenvalue weighted by Gasteiger charge is -2.38. The third kappa shape index (κ3) is 5.04. The van der Waals surface area contributed by atoms with Gasteiger partial charge >= 0.3 is 0 Å². The Balaban J connectivity index is 1.48. The predicted octanol–water partition coefficient (Wildman–Crippen LogP) is 2.83. The molecule has 0 aromatic carbocycles. The van der Waals surface area contributed by atoms with E-state index < -0.39 is 0 Å². The standard InChI is InChI=1S/C25H32N6O3/c1-25(2,3)31-22(32)13-19(23(31)20-16-28-30(17-20)11-12-34-4)15-27-24(33)18-7-8-21(26-14-18)29-9-5-6-10-29/h5-10,14,16-17,19,23H,11-13,15H2,1-4H3,(H,27,33)/t19-,23+/m1/s1. The molecule has 0 bridgehead atoms. The third-order valence-corrected chi connectivity index (χ3v) is 6.08. The highest BCUT2D eigenvalue weighted by molar-refractivity contribution is 5.94. The maximum atomic E-state index is 13.0. The van der Waals surface area contributed by atoms with Crippen LogP contribution in [0.1, 0.15) is 49.2 Å². The summed E-state index contributed by atoms with van der Waals surface area (Å²) in [5.74, 6) is 0.555. The van der Waals surface area contributed by atoms with E-state index in [4.69, 9.17) is 4.74 Å². The van der Waals surface area contributed by atoms with Crippen LogP contribution in [0.25, 0.3) is 5.82 Å². The fourth-order valence-electron chi connectivity index (χ4n) is 4.52. The summed E-state index contributed by atoms with van der Waals surface area (Å²) in [6.45, 7) is 7.68. The second-order valence-corrected chi connectivity index (χ2v) is 9.58. The molecule has 3 aromatic rings. The molecule has 0 unspecified atom stereocenters. The third-order valence-electron chi connectivity index (χ3n) is 6.08. The van der Waals surface area contributed by atoms with E-state index in [2.05, 4.69) is 15.4 Å². The zero-order valence-corrected chi connectivity index (χ0v) is 20.1. The van der Waals surface area contributed by atoms with Gasteiger partial charge < -0.3 is 19.5 Å². The first-order valence-corrected chi connectivity index (χ1v) is 11.5. The summed E-state index contributed by atoms with van der Waals surface area (Å²) in [4.78, 5) is 32.2. The summed E-state index contributed by atoms with van der Waals surface area (Å²) in [5.41, 5.74) is 1.10. The predicted molar refractivity (Wildman–Crippen MR) is 127 cm³/mol. The van der Waals surface area contributed by atoms with Crippen LogP contribution in [0.5, 0.6) is 0 Å². The van der Waals surface area contributed by atoms with E-state index in [-0.39, 0.29) is 29.3 Å². The number of methoxy groups -OCH3 is 1. The van der Waals surface area contributed by atoms with Gasteiger partial charge in [0.1, 0.15) is 5.82 Å². The van der Waals surface area contributed by atoms with Gasteiger partial charge in [0.05, 0.1) is 31.0 Å². The van der Waals surface area contributed by atoms with Crippen LogP contribution in [-0.4, -0.2) is 61.8 Å².